The van der Waals surface area contributed by atoms with Crippen LogP contribution >= 0.6 is 0 Å². The minimum Gasteiger partial charge on any atom is -0.497 e. The van der Waals surface area contributed by atoms with E-state index in [1.54, 1.807) is 7.11 Å². The third-order valence-electron chi connectivity index (χ3n) is 3.44. The lowest BCUT2D eigenvalue weighted by molar-refractivity contribution is 0.415. The van der Waals surface area contributed by atoms with Crippen LogP contribution in [-0.2, 0) is 0 Å². The molecule has 3 nitrogen and oxygen atoms in total. The highest BCUT2D eigenvalue weighted by molar-refractivity contribution is 5.48. The Bertz CT molecular complexity index is 346. The molecule has 2 rings (SSSR count). The van der Waals surface area contributed by atoms with Gasteiger partial charge in [0.25, 0.3) is 0 Å². The zero-order valence-corrected chi connectivity index (χ0v) is 11.5. The average molecular weight is 248 g/mol. The molecule has 100 valence electrons. The Morgan fingerprint density at radius 3 is 2.56 bits per heavy atom. The van der Waals surface area contributed by atoms with E-state index in [4.69, 9.17) is 4.74 Å². The van der Waals surface area contributed by atoms with E-state index in [1.807, 2.05) is 12.1 Å². The van der Waals surface area contributed by atoms with E-state index in [0.29, 0.717) is 0 Å². The van der Waals surface area contributed by atoms with Gasteiger partial charge in [-0.15, -0.1) is 0 Å². The van der Waals surface area contributed by atoms with Crippen LogP contribution in [0.5, 0.6) is 5.75 Å². The third-order valence-corrected chi connectivity index (χ3v) is 3.44. The first-order valence-corrected chi connectivity index (χ1v) is 6.88. The summed E-state index contributed by atoms with van der Waals surface area (Å²) >= 11 is 0. The Hall–Kier alpha value is -1.22. The highest BCUT2D eigenvalue weighted by Gasteiger charge is 2.19. The van der Waals surface area contributed by atoms with Crippen LogP contribution in [0.3, 0.4) is 0 Å². The molecule has 0 bridgehead atoms. The molecule has 0 heterocycles. The summed E-state index contributed by atoms with van der Waals surface area (Å²) in [7, 11) is 3.85. The molecule has 0 aromatic heterocycles. The van der Waals surface area contributed by atoms with E-state index in [-0.39, 0.29) is 0 Å². The zero-order valence-electron chi connectivity index (χ0n) is 11.5. The molecule has 18 heavy (non-hydrogen) atoms. The van der Waals surface area contributed by atoms with Crippen molar-refractivity contribution in [1.29, 1.82) is 0 Å². The van der Waals surface area contributed by atoms with Crippen molar-refractivity contribution in [3.63, 3.8) is 0 Å². The molecule has 1 aliphatic carbocycles. The Morgan fingerprint density at radius 1 is 1.22 bits per heavy atom. The number of methoxy groups -OCH3 is 1. The molecule has 1 fully saturated rings. The molecule has 0 atom stereocenters. The van der Waals surface area contributed by atoms with Crippen LogP contribution in [0.4, 0.5) is 5.69 Å². The molecular formula is C15H24N2O. The molecule has 3 heteroatoms. The highest BCUT2D eigenvalue weighted by atomic mass is 16.5. The molecular weight excluding hydrogens is 224 g/mol. The third kappa shape index (κ3) is 4.22. The molecule has 0 spiro atoms. The average Bonchev–Trinajstić information content (AvgIpc) is 3.22. The molecule has 1 saturated carbocycles. The second-order valence-electron chi connectivity index (χ2n) is 5.06. The summed E-state index contributed by atoms with van der Waals surface area (Å²) < 4.78 is 5.16. The maximum Gasteiger partial charge on any atom is 0.119 e. The lowest BCUT2D eigenvalue weighted by Crippen LogP contribution is -2.21. The molecule has 1 N–H and O–H groups in total. The molecule has 1 aliphatic rings. The molecule has 0 saturated heterocycles. The molecule has 0 aliphatic heterocycles. The maximum absolute atomic E-state index is 5.16. The van der Waals surface area contributed by atoms with Gasteiger partial charge in [-0.3, -0.25) is 0 Å². The van der Waals surface area contributed by atoms with Crippen molar-refractivity contribution in [3.8, 4) is 5.75 Å². The van der Waals surface area contributed by atoms with Crippen molar-refractivity contribution >= 4 is 5.69 Å². The van der Waals surface area contributed by atoms with Crippen molar-refractivity contribution in [2.75, 3.05) is 32.1 Å². The first-order valence-electron chi connectivity index (χ1n) is 6.88. The first kappa shape index (κ1) is 13.2. The van der Waals surface area contributed by atoms with Crippen LogP contribution in [0.2, 0.25) is 0 Å². The van der Waals surface area contributed by atoms with E-state index in [9.17, 15) is 0 Å². The minimum absolute atomic E-state index is 0.837. The number of anilines is 1. The predicted octanol–water partition coefficient (Wildman–Crippen LogP) is 2.66. The fourth-order valence-corrected chi connectivity index (χ4v) is 2.03. The van der Waals surface area contributed by atoms with Crippen LogP contribution in [0, 0.1) is 0 Å². The van der Waals surface area contributed by atoms with Crippen molar-refractivity contribution in [2.45, 2.75) is 31.7 Å². The topological polar surface area (TPSA) is 24.5 Å². The maximum atomic E-state index is 5.16. The van der Waals surface area contributed by atoms with E-state index < -0.39 is 0 Å². The SMILES string of the molecule is COc1ccc(N(C)CCCCNC2CC2)cc1. The van der Waals surface area contributed by atoms with E-state index >= 15 is 0 Å². The number of unbranched alkanes of at least 4 members (excludes halogenated alkanes) is 1. The van der Waals surface area contributed by atoms with Gasteiger partial charge in [0.2, 0.25) is 0 Å². The summed E-state index contributed by atoms with van der Waals surface area (Å²) in [5, 5.41) is 3.55. The van der Waals surface area contributed by atoms with Gasteiger partial charge >= 0.3 is 0 Å². The van der Waals surface area contributed by atoms with Crippen molar-refractivity contribution in [3.05, 3.63) is 24.3 Å². The fraction of sp³-hybridized carbons (Fsp3) is 0.600. The number of ether oxygens (including phenoxy) is 1. The van der Waals surface area contributed by atoms with Crippen LogP contribution in [0.15, 0.2) is 24.3 Å². The molecule has 0 unspecified atom stereocenters. The van der Waals surface area contributed by atoms with Gasteiger partial charge in [-0.25, -0.2) is 0 Å². The first-order chi connectivity index (χ1) is 8.79. The lowest BCUT2D eigenvalue weighted by atomic mass is 10.2. The van der Waals surface area contributed by atoms with Gasteiger partial charge in [-0.05, 0) is 56.5 Å². The fourth-order valence-electron chi connectivity index (χ4n) is 2.03. The van der Waals surface area contributed by atoms with Crippen molar-refractivity contribution < 1.29 is 4.74 Å². The Labute approximate surface area is 110 Å². The molecule has 1 aromatic rings. The Morgan fingerprint density at radius 2 is 1.94 bits per heavy atom. The van der Waals surface area contributed by atoms with Crippen molar-refractivity contribution in [1.82, 2.24) is 5.32 Å². The molecule has 1 aromatic carbocycles. The van der Waals surface area contributed by atoms with Crippen LogP contribution in [-0.4, -0.2) is 33.3 Å². The van der Waals surface area contributed by atoms with E-state index in [0.717, 1.165) is 18.3 Å². The molecule has 0 radical (unpaired) electrons. The van der Waals surface area contributed by atoms with Gasteiger partial charge in [0.15, 0.2) is 0 Å². The largest absolute Gasteiger partial charge is 0.497 e. The van der Waals surface area contributed by atoms with Gasteiger partial charge in [0, 0.05) is 25.3 Å². The highest BCUT2D eigenvalue weighted by Crippen LogP contribution is 2.19. The summed E-state index contributed by atoms with van der Waals surface area (Å²) in [5.74, 6) is 0.917. The number of nitrogens with zero attached hydrogens (tertiary/aromatic N) is 1. The minimum atomic E-state index is 0.837. The summed E-state index contributed by atoms with van der Waals surface area (Å²) in [4.78, 5) is 2.30. The standard InChI is InChI=1S/C15H24N2O/c1-17(12-4-3-11-16-13-5-6-13)14-7-9-15(18-2)10-8-14/h7-10,13,16H,3-6,11-12H2,1-2H3. The van der Waals surface area contributed by atoms with Gasteiger partial charge in [-0.1, -0.05) is 0 Å². The van der Waals surface area contributed by atoms with E-state index in [2.05, 4.69) is 29.4 Å². The monoisotopic (exact) mass is 248 g/mol. The number of hydrogen-bond donors (Lipinski definition) is 1. The second-order valence-corrected chi connectivity index (χ2v) is 5.06. The Kier molecular flexibility index (Phi) is 4.88. The quantitative estimate of drug-likeness (QED) is 0.716. The number of hydrogen-bond acceptors (Lipinski definition) is 3. The van der Waals surface area contributed by atoms with Gasteiger partial charge in [0.1, 0.15) is 5.75 Å². The summed E-state index contributed by atoms with van der Waals surface area (Å²) in [6, 6.07) is 9.09. The number of rotatable bonds is 8. The predicted molar refractivity (Wildman–Crippen MR) is 76.5 cm³/mol. The number of benzene rings is 1. The van der Waals surface area contributed by atoms with E-state index in [1.165, 1.54) is 37.9 Å². The summed E-state index contributed by atoms with van der Waals surface area (Å²) in [5.41, 5.74) is 1.26. The van der Waals surface area contributed by atoms with Crippen LogP contribution < -0.4 is 15.0 Å². The number of nitrogens with one attached hydrogen (secondary N) is 1. The molecule has 0 amide bonds. The van der Waals surface area contributed by atoms with Crippen LogP contribution in [0.25, 0.3) is 0 Å². The van der Waals surface area contributed by atoms with Gasteiger partial charge in [0.05, 0.1) is 7.11 Å². The second kappa shape index (κ2) is 6.64. The smallest absolute Gasteiger partial charge is 0.119 e. The van der Waals surface area contributed by atoms with Gasteiger partial charge in [-0.2, -0.15) is 0 Å². The zero-order chi connectivity index (χ0) is 12.8. The normalized spacial score (nSPS) is 14.6. The Balaban J connectivity index is 1.64. The van der Waals surface area contributed by atoms with Gasteiger partial charge < -0.3 is 15.0 Å². The summed E-state index contributed by atoms with van der Waals surface area (Å²) in [6.07, 6.45) is 5.26. The van der Waals surface area contributed by atoms with Crippen LogP contribution in [0.1, 0.15) is 25.7 Å². The summed E-state index contributed by atoms with van der Waals surface area (Å²) in [6.45, 7) is 2.28. The lowest BCUT2D eigenvalue weighted by Gasteiger charge is -2.19. The van der Waals surface area contributed by atoms with Crippen molar-refractivity contribution in [2.24, 2.45) is 0 Å².